The molecular formula is C13H21N3O5. The highest BCUT2D eigenvalue weighted by Gasteiger charge is 2.28. The number of esters is 1. The van der Waals surface area contributed by atoms with Gasteiger partial charge in [-0.25, -0.2) is 9.78 Å². The van der Waals surface area contributed by atoms with Crippen LogP contribution in [0.4, 0.5) is 0 Å². The van der Waals surface area contributed by atoms with Crippen molar-refractivity contribution in [2.24, 2.45) is 5.73 Å². The Morgan fingerprint density at radius 3 is 2.71 bits per heavy atom. The summed E-state index contributed by atoms with van der Waals surface area (Å²) < 4.78 is 10.4. The van der Waals surface area contributed by atoms with E-state index in [-0.39, 0.29) is 12.4 Å². The number of carbonyl (C=O) groups is 1. The molecule has 1 aromatic rings. The maximum Gasteiger partial charge on any atom is 0.361 e. The van der Waals surface area contributed by atoms with Crippen LogP contribution >= 0.6 is 0 Å². The van der Waals surface area contributed by atoms with Gasteiger partial charge in [-0.2, -0.15) is 0 Å². The molecule has 0 saturated carbocycles. The Morgan fingerprint density at radius 2 is 2.14 bits per heavy atom. The first-order valence-electron chi connectivity index (χ1n) is 6.68. The molecule has 0 fully saturated rings. The van der Waals surface area contributed by atoms with Gasteiger partial charge in [0.2, 0.25) is 5.75 Å². The minimum Gasteiger partial charge on any atom is -0.501 e. The minimum atomic E-state index is -0.941. The molecule has 21 heavy (non-hydrogen) atoms. The van der Waals surface area contributed by atoms with Crippen LogP contribution in [-0.4, -0.2) is 40.8 Å². The largest absolute Gasteiger partial charge is 0.501 e. The lowest BCUT2D eigenvalue weighted by Gasteiger charge is -2.24. The number of H-pyrrole nitrogens is 1. The molecule has 0 bridgehead atoms. The Morgan fingerprint density at radius 1 is 1.48 bits per heavy atom. The van der Waals surface area contributed by atoms with Gasteiger partial charge in [0.15, 0.2) is 5.69 Å². The Bertz CT molecular complexity index is 553. The van der Waals surface area contributed by atoms with E-state index >= 15 is 0 Å². The van der Waals surface area contributed by atoms with E-state index in [0.717, 1.165) is 0 Å². The average Bonchev–Trinajstić information content (AvgIpc) is 2.41. The molecule has 0 aliphatic rings. The van der Waals surface area contributed by atoms with Gasteiger partial charge in [-0.15, -0.1) is 0 Å². The lowest BCUT2D eigenvalue weighted by molar-refractivity contribution is -0.0288. The van der Waals surface area contributed by atoms with Gasteiger partial charge in [0.1, 0.15) is 11.4 Å². The smallest absolute Gasteiger partial charge is 0.361 e. The second-order valence-electron chi connectivity index (χ2n) is 4.83. The Balaban J connectivity index is 3.14. The van der Waals surface area contributed by atoms with Gasteiger partial charge in [-0.1, -0.05) is 0 Å². The summed E-state index contributed by atoms with van der Waals surface area (Å²) in [5.74, 6) is -1.50. The van der Waals surface area contributed by atoms with E-state index in [2.05, 4.69) is 9.97 Å². The van der Waals surface area contributed by atoms with Crippen molar-refractivity contribution in [3.05, 3.63) is 21.9 Å². The number of ether oxygens (including phenoxy) is 2. The predicted molar refractivity (Wildman–Crippen MR) is 75.1 cm³/mol. The van der Waals surface area contributed by atoms with Crippen LogP contribution in [0.1, 0.15) is 43.5 Å². The van der Waals surface area contributed by atoms with E-state index in [1.807, 2.05) is 0 Å². The Kier molecular flexibility index (Phi) is 5.86. The van der Waals surface area contributed by atoms with E-state index in [1.54, 1.807) is 20.8 Å². The SMILES string of the molecule is CCOC(=O)c1nc(C(C)(C)OCCCN)[nH]c(=O)c1O. The third-order valence-electron chi connectivity index (χ3n) is 2.75. The first-order chi connectivity index (χ1) is 9.83. The Labute approximate surface area is 122 Å². The predicted octanol–water partition coefficient (Wildman–Crippen LogP) is 0.253. The molecule has 0 radical (unpaired) electrons. The molecule has 0 atom stereocenters. The summed E-state index contributed by atoms with van der Waals surface area (Å²) in [6.45, 7) is 5.95. The molecule has 0 aromatic carbocycles. The number of aromatic hydroxyl groups is 1. The topological polar surface area (TPSA) is 128 Å². The molecule has 4 N–H and O–H groups in total. The third kappa shape index (κ3) is 4.27. The molecule has 118 valence electrons. The zero-order chi connectivity index (χ0) is 16.0. The summed E-state index contributed by atoms with van der Waals surface area (Å²) in [4.78, 5) is 29.8. The molecule has 8 heteroatoms. The van der Waals surface area contributed by atoms with Crippen LogP contribution in [0.3, 0.4) is 0 Å². The summed E-state index contributed by atoms with van der Waals surface area (Å²) in [5.41, 5.74) is 3.20. The van der Waals surface area contributed by atoms with Gasteiger partial charge in [0.25, 0.3) is 5.56 Å². The summed E-state index contributed by atoms with van der Waals surface area (Å²) in [6, 6.07) is 0. The summed E-state index contributed by atoms with van der Waals surface area (Å²) >= 11 is 0. The van der Waals surface area contributed by atoms with Crippen molar-refractivity contribution in [1.82, 2.24) is 9.97 Å². The second kappa shape index (κ2) is 7.19. The monoisotopic (exact) mass is 299 g/mol. The third-order valence-corrected chi connectivity index (χ3v) is 2.75. The molecule has 0 saturated heterocycles. The average molecular weight is 299 g/mol. The van der Waals surface area contributed by atoms with Crippen LogP contribution in [-0.2, 0) is 15.1 Å². The van der Waals surface area contributed by atoms with Gasteiger partial charge in [0.05, 0.1) is 6.61 Å². The van der Waals surface area contributed by atoms with Crippen LogP contribution in [0.25, 0.3) is 0 Å². The maximum atomic E-state index is 11.7. The summed E-state index contributed by atoms with van der Waals surface area (Å²) in [5, 5.41) is 9.63. The fraction of sp³-hybridized carbons (Fsp3) is 0.615. The van der Waals surface area contributed by atoms with Crippen LogP contribution in [0.2, 0.25) is 0 Å². The van der Waals surface area contributed by atoms with Crippen molar-refractivity contribution < 1.29 is 19.4 Å². The summed E-state index contributed by atoms with van der Waals surface area (Å²) in [7, 11) is 0. The van der Waals surface area contributed by atoms with Crippen LogP contribution in [0.15, 0.2) is 4.79 Å². The van der Waals surface area contributed by atoms with E-state index < -0.39 is 28.6 Å². The van der Waals surface area contributed by atoms with Gasteiger partial charge >= 0.3 is 5.97 Å². The van der Waals surface area contributed by atoms with Crippen molar-refractivity contribution in [2.75, 3.05) is 19.8 Å². The fourth-order valence-electron chi connectivity index (χ4n) is 1.57. The van der Waals surface area contributed by atoms with E-state index in [0.29, 0.717) is 19.6 Å². The fourth-order valence-corrected chi connectivity index (χ4v) is 1.57. The summed E-state index contributed by atoms with van der Waals surface area (Å²) in [6.07, 6.45) is 0.649. The quantitative estimate of drug-likeness (QED) is 0.486. The highest BCUT2D eigenvalue weighted by atomic mass is 16.5. The van der Waals surface area contributed by atoms with Crippen molar-refractivity contribution in [3.63, 3.8) is 0 Å². The first kappa shape index (κ1) is 17.1. The number of nitrogens with one attached hydrogen (secondary N) is 1. The normalized spacial score (nSPS) is 11.4. The van der Waals surface area contributed by atoms with Crippen molar-refractivity contribution in [2.45, 2.75) is 32.8 Å². The van der Waals surface area contributed by atoms with Gasteiger partial charge in [-0.05, 0) is 33.7 Å². The molecule has 1 rings (SSSR count). The van der Waals surface area contributed by atoms with Crippen LogP contribution < -0.4 is 11.3 Å². The maximum absolute atomic E-state index is 11.7. The number of carbonyl (C=O) groups excluding carboxylic acids is 1. The van der Waals surface area contributed by atoms with Crippen LogP contribution in [0.5, 0.6) is 5.75 Å². The lowest BCUT2D eigenvalue weighted by atomic mass is 10.1. The van der Waals surface area contributed by atoms with E-state index in [1.165, 1.54) is 0 Å². The zero-order valence-electron chi connectivity index (χ0n) is 12.4. The molecule has 1 heterocycles. The lowest BCUT2D eigenvalue weighted by Crippen LogP contribution is -2.30. The Hall–Kier alpha value is -1.93. The molecule has 0 unspecified atom stereocenters. The molecule has 0 aliphatic carbocycles. The van der Waals surface area contributed by atoms with E-state index in [9.17, 15) is 14.7 Å². The van der Waals surface area contributed by atoms with Crippen LogP contribution in [0, 0.1) is 0 Å². The number of hydrogen-bond donors (Lipinski definition) is 3. The molecule has 0 amide bonds. The number of nitrogens with two attached hydrogens (primary N) is 1. The minimum absolute atomic E-state index is 0.110. The number of rotatable bonds is 7. The van der Waals surface area contributed by atoms with Gasteiger partial charge in [0, 0.05) is 6.61 Å². The second-order valence-corrected chi connectivity index (χ2v) is 4.83. The number of hydrogen-bond acceptors (Lipinski definition) is 7. The molecular weight excluding hydrogens is 278 g/mol. The van der Waals surface area contributed by atoms with E-state index in [4.69, 9.17) is 15.2 Å². The molecule has 0 spiro atoms. The zero-order valence-corrected chi connectivity index (χ0v) is 12.4. The highest BCUT2D eigenvalue weighted by molar-refractivity contribution is 5.89. The molecule has 0 aliphatic heterocycles. The van der Waals surface area contributed by atoms with Gasteiger partial charge in [-0.3, -0.25) is 4.79 Å². The number of aromatic amines is 1. The number of nitrogens with zero attached hydrogens (tertiary/aromatic N) is 1. The molecule has 8 nitrogen and oxygen atoms in total. The van der Waals surface area contributed by atoms with Crippen molar-refractivity contribution >= 4 is 5.97 Å². The van der Waals surface area contributed by atoms with Crippen molar-refractivity contribution in [1.29, 1.82) is 0 Å². The highest BCUT2D eigenvalue weighted by Crippen LogP contribution is 2.22. The van der Waals surface area contributed by atoms with Gasteiger partial charge < -0.3 is 25.3 Å². The van der Waals surface area contributed by atoms with Crippen molar-refractivity contribution in [3.8, 4) is 5.75 Å². The number of aromatic nitrogens is 2. The molecule has 1 aromatic heterocycles. The first-order valence-corrected chi connectivity index (χ1v) is 6.68. The standard InChI is InChI=1S/C13H21N3O5/c1-4-20-11(19)8-9(17)10(18)16-12(15-8)13(2,3)21-7-5-6-14/h17H,4-7,14H2,1-3H3,(H,15,16,18).